The lowest BCUT2D eigenvalue weighted by molar-refractivity contribution is 0.287. The second-order valence-corrected chi connectivity index (χ2v) is 14.3. The van der Waals surface area contributed by atoms with E-state index in [1.54, 1.807) is 0 Å². The van der Waals surface area contributed by atoms with Gasteiger partial charge in [0.25, 0.3) is 0 Å². The zero-order valence-corrected chi connectivity index (χ0v) is 28.6. The summed E-state index contributed by atoms with van der Waals surface area (Å²) in [5.74, 6) is 1.93. The second kappa shape index (κ2) is 30.5. The SMILES string of the molecule is BN1CC(CCCCCCCCCCCCCCC)CCCCC(CCCCCCCCCCCCCCC)C1. The molecule has 1 saturated heterocycles. The Morgan fingerprint density at radius 3 is 0.925 bits per heavy atom. The predicted octanol–water partition coefficient (Wildman–Crippen LogP) is 12.6. The third-order valence-corrected chi connectivity index (χ3v) is 10.0. The highest BCUT2D eigenvalue weighted by Gasteiger charge is 2.18. The van der Waals surface area contributed by atoms with E-state index in [0.717, 1.165) is 11.8 Å². The van der Waals surface area contributed by atoms with Crippen LogP contribution in [0.4, 0.5) is 0 Å². The molecule has 0 bridgehead atoms. The summed E-state index contributed by atoms with van der Waals surface area (Å²) in [5.41, 5.74) is 0. The molecule has 1 aliphatic rings. The van der Waals surface area contributed by atoms with Crippen molar-refractivity contribution < 1.29 is 0 Å². The van der Waals surface area contributed by atoms with E-state index in [9.17, 15) is 0 Å². The lowest BCUT2D eigenvalue weighted by Gasteiger charge is -2.26. The summed E-state index contributed by atoms with van der Waals surface area (Å²) in [4.78, 5) is 2.73. The Morgan fingerprint density at radius 2 is 0.650 bits per heavy atom. The molecule has 0 aromatic carbocycles. The van der Waals surface area contributed by atoms with E-state index in [1.165, 1.54) is 219 Å². The molecule has 40 heavy (non-hydrogen) atoms. The van der Waals surface area contributed by atoms with Gasteiger partial charge in [-0.2, -0.15) is 0 Å². The largest absolute Gasteiger partial charge is 0.348 e. The topological polar surface area (TPSA) is 3.24 Å². The number of hydrogen-bond donors (Lipinski definition) is 0. The van der Waals surface area contributed by atoms with Gasteiger partial charge in [-0.3, -0.25) is 0 Å². The molecular weight excluding hydrogens is 481 g/mol. The standard InChI is InChI=1S/C38H78BN/c1-3-5-7-9-11-13-15-17-19-21-23-25-27-31-37-33-29-30-34-38(36-40(39)35-37)32-28-26-24-22-20-18-16-14-12-10-8-6-4-2/h37-38H,3-36,39H2,1-2H3. The highest BCUT2D eigenvalue weighted by molar-refractivity contribution is 6.04. The van der Waals surface area contributed by atoms with Crippen LogP contribution >= 0.6 is 0 Å². The van der Waals surface area contributed by atoms with Crippen molar-refractivity contribution in [2.24, 2.45) is 11.8 Å². The van der Waals surface area contributed by atoms with Gasteiger partial charge in [0, 0.05) is 0 Å². The molecule has 1 rings (SSSR count). The third-order valence-electron chi connectivity index (χ3n) is 10.0. The summed E-state index contributed by atoms with van der Waals surface area (Å²) in [6, 6.07) is 0. The van der Waals surface area contributed by atoms with E-state index in [1.807, 2.05) is 0 Å². The summed E-state index contributed by atoms with van der Waals surface area (Å²) < 4.78 is 0. The van der Waals surface area contributed by atoms with Crippen molar-refractivity contribution in [3.8, 4) is 0 Å². The molecule has 2 heteroatoms. The van der Waals surface area contributed by atoms with Crippen LogP contribution < -0.4 is 0 Å². The van der Waals surface area contributed by atoms with Crippen molar-refractivity contribution in [3.05, 3.63) is 0 Å². The second-order valence-electron chi connectivity index (χ2n) is 14.3. The number of hydrogen-bond acceptors (Lipinski definition) is 1. The van der Waals surface area contributed by atoms with Gasteiger partial charge >= 0.3 is 0 Å². The van der Waals surface area contributed by atoms with E-state index in [4.69, 9.17) is 0 Å². The van der Waals surface area contributed by atoms with E-state index in [0.29, 0.717) is 0 Å². The van der Waals surface area contributed by atoms with E-state index in [2.05, 4.69) is 26.6 Å². The van der Waals surface area contributed by atoms with Crippen LogP contribution in [0.2, 0.25) is 0 Å². The van der Waals surface area contributed by atoms with Gasteiger partial charge < -0.3 is 4.81 Å². The molecule has 0 aromatic heterocycles. The van der Waals surface area contributed by atoms with Gasteiger partial charge in [0.15, 0.2) is 7.98 Å². The minimum Gasteiger partial charge on any atom is -0.348 e. The van der Waals surface area contributed by atoms with Gasteiger partial charge in [-0.05, 0) is 50.6 Å². The zero-order valence-electron chi connectivity index (χ0n) is 28.6. The van der Waals surface area contributed by atoms with Gasteiger partial charge in [-0.25, -0.2) is 0 Å². The fourth-order valence-corrected chi connectivity index (χ4v) is 7.38. The maximum atomic E-state index is 2.73. The Kier molecular flexibility index (Phi) is 29.0. The van der Waals surface area contributed by atoms with Crippen LogP contribution in [-0.4, -0.2) is 25.9 Å². The fourth-order valence-electron chi connectivity index (χ4n) is 7.38. The van der Waals surface area contributed by atoms with Gasteiger partial charge in [0.2, 0.25) is 0 Å². The highest BCUT2D eigenvalue weighted by Crippen LogP contribution is 2.26. The number of unbranched alkanes of at least 4 members (excludes halogenated alkanes) is 24. The molecule has 0 radical (unpaired) electrons. The average molecular weight is 560 g/mol. The molecule has 2 unspecified atom stereocenters. The molecule has 0 saturated carbocycles. The molecule has 0 aliphatic carbocycles. The fraction of sp³-hybridized carbons (Fsp3) is 1.00. The van der Waals surface area contributed by atoms with Crippen molar-refractivity contribution in [1.82, 2.24) is 4.81 Å². The summed E-state index contributed by atoms with van der Waals surface area (Å²) in [6.07, 6.45) is 47.2. The predicted molar refractivity (Wildman–Crippen MR) is 186 cm³/mol. The lowest BCUT2D eigenvalue weighted by Crippen LogP contribution is -2.31. The van der Waals surface area contributed by atoms with Crippen LogP contribution in [-0.2, 0) is 0 Å². The number of nitrogens with zero attached hydrogens (tertiary/aromatic N) is 1. The maximum absolute atomic E-state index is 2.73. The molecule has 0 spiro atoms. The van der Waals surface area contributed by atoms with Crippen LogP contribution in [0.3, 0.4) is 0 Å². The summed E-state index contributed by atoms with van der Waals surface area (Å²) in [6.45, 7) is 7.36. The summed E-state index contributed by atoms with van der Waals surface area (Å²) in [7, 11) is 2.43. The summed E-state index contributed by atoms with van der Waals surface area (Å²) in [5, 5.41) is 0. The molecule has 2 atom stereocenters. The van der Waals surface area contributed by atoms with E-state index >= 15 is 0 Å². The van der Waals surface area contributed by atoms with Crippen LogP contribution in [0.25, 0.3) is 0 Å². The minimum atomic E-state index is 0.966. The van der Waals surface area contributed by atoms with Crippen molar-refractivity contribution in [2.75, 3.05) is 13.1 Å². The smallest absolute Gasteiger partial charge is 0.185 e. The van der Waals surface area contributed by atoms with Crippen LogP contribution in [0.15, 0.2) is 0 Å². The zero-order chi connectivity index (χ0) is 28.8. The lowest BCUT2D eigenvalue weighted by atomic mass is 9.93. The molecule has 238 valence electrons. The van der Waals surface area contributed by atoms with Crippen molar-refractivity contribution in [1.29, 1.82) is 0 Å². The molecule has 1 nitrogen and oxygen atoms in total. The maximum Gasteiger partial charge on any atom is 0.185 e. The third kappa shape index (κ3) is 25.7. The Hall–Kier alpha value is 0.0249. The number of rotatable bonds is 28. The first-order valence-corrected chi connectivity index (χ1v) is 19.4. The van der Waals surface area contributed by atoms with Gasteiger partial charge in [-0.15, -0.1) is 0 Å². The van der Waals surface area contributed by atoms with Gasteiger partial charge in [0.05, 0.1) is 0 Å². The molecule has 0 N–H and O–H groups in total. The Morgan fingerprint density at radius 1 is 0.400 bits per heavy atom. The molecule has 0 amide bonds. The van der Waals surface area contributed by atoms with Crippen molar-refractivity contribution in [2.45, 2.75) is 219 Å². The first-order valence-electron chi connectivity index (χ1n) is 19.4. The average Bonchev–Trinajstić information content (AvgIpc) is 3.03. The molecule has 0 aromatic rings. The normalized spacial score (nSPS) is 18.9. The molecular formula is C38H78BN. The van der Waals surface area contributed by atoms with E-state index < -0.39 is 0 Å². The quantitative estimate of drug-likeness (QED) is 0.0680. The van der Waals surface area contributed by atoms with Crippen LogP contribution in [0, 0.1) is 11.8 Å². The van der Waals surface area contributed by atoms with Gasteiger partial charge in [0.1, 0.15) is 0 Å². The Labute approximate surface area is 256 Å². The molecule has 1 fully saturated rings. The Bertz CT molecular complexity index is 438. The van der Waals surface area contributed by atoms with E-state index in [-0.39, 0.29) is 0 Å². The minimum absolute atomic E-state index is 0.966. The highest BCUT2D eigenvalue weighted by atomic mass is 15.0. The van der Waals surface area contributed by atoms with Crippen LogP contribution in [0.1, 0.15) is 219 Å². The molecule has 1 aliphatic heterocycles. The first kappa shape index (κ1) is 38.0. The van der Waals surface area contributed by atoms with Crippen LogP contribution in [0.5, 0.6) is 0 Å². The first-order chi connectivity index (χ1) is 19.8. The molecule has 1 heterocycles. The Balaban J connectivity index is 1.96. The van der Waals surface area contributed by atoms with Gasteiger partial charge in [-0.1, -0.05) is 194 Å². The van der Waals surface area contributed by atoms with Crippen molar-refractivity contribution >= 4 is 7.98 Å². The monoisotopic (exact) mass is 560 g/mol. The van der Waals surface area contributed by atoms with Crippen molar-refractivity contribution in [3.63, 3.8) is 0 Å². The summed E-state index contributed by atoms with van der Waals surface area (Å²) >= 11 is 0.